The molecule has 1 rings (SSSR count). The van der Waals surface area contributed by atoms with Crippen LogP contribution in [0.1, 0.15) is 46.6 Å². The van der Waals surface area contributed by atoms with Crippen molar-refractivity contribution in [2.45, 2.75) is 59.7 Å². The van der Waals surface area contributed by atoms with E-state index in [4.69, 9.17) is 5.73 Å². The van der Waals surface area contributed by atoms with E-state index >= 15 is 0 Å². The lowest BCUT2D eigenvalue weighted by Gasteiger charge is -2.43. The summed E-state index contributed by atoms with van der Waals surface area (Å²) in [6, 6.07) is 11.3. The largest absolute Gasteiger partial charge is 0.326 e. The highest BCUT2D eigenvalue weighted by molar-refractivity contribution is 5.15. The average molecular weight is 262 g/mol. The van der Waals surface area contributed by atoms with E-state index in [2.05, 4.69) is 69.9 Å². The van der Waals surface area contributed by atoms with Crippen molar-refractivity contribution in [3.05, 3.63) is 35.9 Å². The lowest BCUT2D eigenvalue weighted by atomic mass is 9.80. The smallest absolute Gasteiger partial charge is 0.0298 e. The van der Waals surface area contributed by atoms with E-state index in [0.717, 1.165) is 19.5 Å². The first-order chi connectivity index (χ1) is 8.90. The van der Waals surface area contributed by atoms with Gasteiger partial charge in [0.1, 0.15) is 0 Å². The summed E-state index contributed by atoms with van der Waals surface area (Å²) >= 11 is 0. The molecule has 108 valence electrons. The summed E-state index contributed by atoms with van der Waals surface area (Å²) in [5.74, 6) is 0. The zero-order valence-electron chi connectivity index (χ0n) is 13.2. The van der Waals surface area contributed by atoms with Gasteiger partial charge >= 0.3 is 0 Å². The van der Waals surface area contributed by atoms with Gasteiger partial charge in [-0.1, -0.05) is 65.0 Å². The maximum absolute atomic E-state index is 6.39. The zero-order chi connectivity index (χ0) is 14.5. The molecule has 0 bridgehead atoms. The SMILES string of the molecule is CCC(N)C(N(CC)Cc1ccccc1)C(C)(C)C. The van der Waals surface area contributed by atoms with Crippen LogP contribution in [-0.4, -0.2) is 23.5 Å². The first-order valence-electron chi connectivity index (χ1n) is 7.43. The predicted molar refractivity (Wildman–Crippen MR) is 84.0 cm³/mol. The van der Waals surface area contributed by atoms with Gasteiger partial charge in [-0.3, -0.25) is 4.90 Å². The Balaban J connectivity index is 2.91. The standard InChI is InChI=1S/C17H30N2/c1-6-15(18)16(17(3,4)5)19(7-2)13-14-11-9-8-10-12-14/h8-12,15-16H,6-7,13,18H2,1-5H3. The van der Waals surface area contributed by atoms with E-state index in [1.54, 1.807) is 0 Å². The molecule has 1 aromatic carbocycles. The normalized spacial score (nSPS) is 15.5. The highest BCUT2D eigenvalue weighted by Crippen LogP contribution is 2.28. The molecule has 0 spiro atoms. The molecule has 0 aromatic heterocycles. The molecule has 2 heteroatoms. The van der Waals surface area contributed by atoms with Gasteiger partial charge in [0.05, 0.1) is 0 Å². The Morgan fingerprint density at radius 1 is 1.11 bits per heavy atom. The molecule has 0 heterocycles. The lowest BCUT2D eigenvalue weighted by Crippen LogP contribution is -2.54. The van der Waals surface area contributed by atoms with Crippen LogP contribution < -0.4 is 5.73 Å². The van der Waals surface area contributed by atoms with E-state index in [1.807, 2.05) is 0 Å². The number of likely N-dealkylation sites (N-methyl/N-ethyl adjacent to an activating group) is 1. The van der Waals surface area contributed by atoms with Crippen LogP contribution in [0.2, 0.25) is 0 Å². The molecule has 0 amide bonds. The number of rotatable bonds is 6. The van der Waals surface area contributed by atoms with Crippen molar-refractivity contribution in [2.75, 3.05) is 6.54 Å². The third-order valence-electron chi connectivity index (χ3n) is 3.79. The van der Waals surface area contributed by atoms with E-state index in [-0.39, 0.29) is 11.5 Å². The summed E-state index contributed by atoms with van der Waals surface area (Å²) in [6.07, 6.45) is 1.02. The van der Waals surface area contributed by atoms with E-state index in [0.29, 0.717) is 6.04 Å². The monoisotopic (exact) mass is 262 g/mol. The average Bonchev–Trinajstić information content (AvgIpc) is 2.37. The molecule has 2 atom stereocenters. The van der Waals surface area contributed by atoms with Gasteiger partial charge in [-0.2, -0.15) is 0 Å². The van der Waals surface area contributed by atoms with Crippen molar-refractivity contribution in [3.63, 3.8) is 0 Å². The molecule has 0 aliphatic heterocycles. The minimum atomic E-state index is 0.195. The van der Waals surface area contributed by atoms with Gasteiger partial charge in [0.25, 0.3) is 0 Å². The van der Waals surface area contributed by atoms with Crippen molar-refractivity contribution in [2.24, 2.45) is 11.1 Å². The van der Waals surface area contributed by atoms with Crippen molar-refractivity contribution >= 4 is 0 Å². The Hall–Kier alpha value is -0.860. The molecule has 0 saturated heterocycles. The fourth-order valence-electron chi connectivity index (χ4n) is 2.91. The summed E-state index contributed by atoms with van der Waals surface area (Å²) in [4.78, 5) is 2.52. The van der Waals surface area contributed by atoms with Crippen LogP contribution in [0.25, 0.3) is 0 Å². The zero-order valence-corrected chi connectivity index (χ0v) is 13.2. The van der Waals surface area contributed by atoms with Gasteiger partial charge in [-0.05, 0) is 23.9 Å². The number of hydrogen-bond donors (Lipinski definition) is 1. The van der Waals surface area contributed by atoms with Crippen molar-refractivity contribution < 1.29 is 0 Å². The van der Waals surface area contributed by atoms with E-state index in [9.17, 15) is 0 Å². The lowest BCUT2D eigenvalue weighted by molar-refractivity contribution is 0.0743. The van der Waals surface area contributed by atoms with Crippen molar-refractivity contribution in [1.29, 1.82) is 0 Å². The predicted octanol–water partition coefficient (Wildman–Crippen LogP) is 3.66. The van der Waals surface area contributed by atoms with Gasteiger partial charge in [-0.15, -0.1) is 0 Å². The molecule has 0 fully saturated rings. The van der Waals surface area contributed by atoms with Gasteiger partial charge in [0.15, 0.2) is 0 Å². The molecule has 1 aromatic rings. The van der Waals surface area contributed by atoms with Crippen LogP contribution in [0.3, 0.4) is 0 Å². The first kappa shape index (κ1) is 16.2. The minimum absolute atomic E-state index is 0.195. The molecule has 19 heavy (non-hydrogen) atoms. The minimum Gasteiger partial charge on any atom is -0.326 e. The highest BCUT2D eigenvalue weighted by atomic mass is 15.2. The second-order valence-corrected chi connectivity index (χ2v) is 6.43. The number of hydrogen-bond acceptors (Lipinski definition) is 2. The topological polar surface area (TPSA) is 29.3 Å². The van der Waals surface area contributed by atoms with Crippen LogP contribution in [0.5, 0.6) is 0 Å². The molecule has 0 aliphatic carbocycles. The van der Waals surface area contributed by atoms with Crippen LogP contribution in [0.15, 0.2) is 30.3 Å². The molecule has 2 nitrogen and oxygen atoms in total. The third-order valence-corrected chi connectivity index (χ3v) is 3.79. The molecular formula is C17H30N2. The Labute approximate surface area is 119 Å². The number of nitrogens with zero attached hydrogens (tertiary/aromatic N) is 1. The molecule has 0 saturated carbocycles. The summed E-state index contributed by atoms with van der Waals surface area (Å²) in [5, 5.41) is 0. The first-order valence-corrected chi connectivity index (χ1v) is 7.43. The van der Waals surface area contributed by atoms with Crippen LogP contribution in [0, 0.1) is 5.41 Å². The Morgan fingerprint density at radius 2 is 1.68 bits per heavy atom. The quantitative estimate of drug-likeness (QED) is 0.847. The van der Waals surface area contributed by atoms with E-state index < -0.39 is 0 Å². The van der Waals surface area contributed by atoms with Crippen LogP contribution in [0.4, 0.5) is 0 Å². The summed E-state index contributed by atoms with van der Waals surface area (Å²) in [6.45, 7) is 13.3. The maximum atomic E-state index is 6.39. The summed E-state index contributed by atoms with van der Waals surface area (Å²) in [5.41, 5.74) is 7.95. The molecular weight excluding hydrogens is 232 g/mol. The molecule has 0 aliphatic rings. The highest BCUT2D eigenvalue weighted by Gasteiger charge is 2.33. The Morgan fingerprint density at radius 3 is 2.11 bits per heavy atom. The van der Waals surface area contributed by atoms with Crippen LogP contribution >= 0.6 is 0 Å². The third kappa shape index (κ3) is 4.63. The Bertz CT molecular complexity index is 353. The second-order valence-electron chi connectivity index (χ2n) is 6.43. The van der Waals surface area contributed by atoms with Crippen molar-refractivity contribution in [1.82, 2.24) is 4.90 Å². The molecule has 0 radical (unpaired) electrons. The van der Waals surface area contributed by atoms with Crippen LogP contribution in [-0.2, 0) is 6.54 Å². The number of benzene rings is 1. The molecule has 2 unspecified atom stereocenters. The second kappa shape index (κ2) is 7.06. The molecule has 2 N–H and O–H groups in total. The van der Waals surface area contributed by atoms with Gasteiger partial charge in [0, 0.05) is 18.6 Å². The summed E-state index contributed by atoms with van der Waals surface area (Å²) < 4.78 is 0. The van der Waals surface area contributed by atoms with Crippen molar-refractivity contribution in [3.8, 4) is 0 Å². The Kier molecular flexibility index (Phi) is 6.02. The van der Waals surface area contributed by atoms with E-state index in [1.165, 1.54) is 5.56 Å². The van der Waals surface area contributed by atoms with Gasteiger partial charge in [-0.25, -0.2) is 0 Å². The van der Waals surface area contributed by atoms with Gasteiger partial charge < -0.3 is 5.73 Å². The fraction of sp³-hybridized carbons (Fsp3) is 0.647. The fourth-order valence-corrected chi connectivity index (χ4v) is 2.91. The maximum Gasteiger partial charge on any atom is 0.0298 e. The van der Waals surface area contributed by atoms with Gasteiger partial charge in [0.2, 0.25) is 0 Å². The summed E-state index contributed by atoms with van der Waals surface area (Å²) in [7, 11) is 0. The number of nitrogens with two attached hydrogens (primary N) is 1.